The first-order chi connectivity index (χ1) is 19.0. The molecule has 4 N–H and O–H groups in total. The van der Waals surface area contributed by atoms with E-state index in [1.165, 1.54) is 12.3 Å². The summed E-state index contributed by atoms with van der Waals surface area (Å²) in [5.74, 6) is 1.21. The highest BCUT2D eigenvalue weighted by atomic mass is 16.7. The van der Waals surface area contributed by atoms with Gasteiger partial charge in [-0.3, -0.25) is 4.79 Å². The van der Waals surface area contributed by atoms with Crippen molar-refractivity contribution in [1.82, 2.24) is 0 Å². The van der Waals surface area contributed by atoms with Crippen LogP contribution in [0, 0.1) is 28.6 Å². The minimum Gasteiger partial charge on any atom is -0.431 e. The van der Waals surface area contributed by atoms with Crippen LogP contribution in [0.4, 0.5) is 0 Å². The van der Waals surface area contributed by atoms with Crippen molar-refractivity contribution in [3.63, 3.8) is 0 Å². The van der Waals surface area contributed by atoms with E-state index in [0.29, 0.717) is 30.5 Å². The Kier molecular flexibility index (Phi) is 6.23. The molecule has 14 atom stereocenters. The third-order valence-corrected chi connectivity index (χ3v) is 12.1. The van der Waals surface area contributed by atoms with Crippen molar-refractivity contribution in [3.8, 4) is 0 Å². The summed E-state index contributed by atoms with van der Waals surface area (Å²) in [6, 6.07) is 3.17. The number of aliphatic hydroxyl groups excluding tert-OH is 4. The van der Waals surface area contributed by atoms with Crippen LogP contribution in [0.3, 0.4) is 0 Å². The maximum Gasteiger partial charge on any atom is 0.335 e. The molecule has 1 spiro atoms. The molecule has 10 nitrogen and oxygen atoms in total. The Balaban J connectivity index is 1.26. The fourth-order valence-corrected chi connectivity index (χ4v) is 10.1. The van der Waals surface area contributed by atoms with E-state index in [1.54, 1.807) is 6.07 Å². The van der Waals surface area contributed by atoms with Crippen molar-refractivity contribution >= 4 is 5.78 Å². The fourth-order valence-electron chi connectivity index (χ4n) is 10.1. The van der Waals surface area contributed by atoms with E-state index in [0.717, 1.165) is 37.7 Å². The Bertz CT molecular complexity index is 1210. The summed E-state index contributed by atoms with van der Waals surface area (Å²) < 4.78 is 24.3. The number of carbonyl (C=O) groups excluding carboxylic acids is 1. The molecule has 6 fully saturated rings. The number of ether oxygens (including phenoxy) is 3. The standard InChI is InChI=1S/C30H40O10/c1-28-9-7-16(32)11-15(28)4-5-18-17(28)8-10-29(2)21(14-3-6-20(33)37-13-14)25(26-30(18,29)40-26)39-27-24(36)23(35)22(34)19(12-31)38-27/h3,6,13,15,17-19,21-27,31,34-36H,4-5,7-12H2,1-2H3/t15-,17+,18-,19-,21+,22-,23+,24-,25-,26-,27+,28+,29-,30-/m1/s1. The van der Waals surface area contributed by atoms with Crippen molar-refractivity contribution in [3.05, 3.63) is 34.4 Å². The Labute approximate surface area is 232 Å². The number of rotatable bonds is 4. The number of hydrogen-bond donors (Lipinski definition) is 4. The zero-order chi connectivity index (χ0) is 28.2. The van der Waals surface area contributed by atoms with Crippen LogP contribution in [0.25, 0.3) is 0 Å². The van der Waals surface area contributed by atoms with Crippen LogP contribution in [-0.2, 0) is 19.0 Å². The molecule has 0 unspecified atom stereocenters. The van der Waals surface area contributed by atoms with Crippen molar-refractivity contribution in [1.29, 1.82) is 0 Å². The molecule has 0 aromatic carbocycles. The van der Waals surface area contributed by atoms with Gasteiger partial charge in [0.2, 0.25) is 0 Å². The molecule has 1 aromatic rings. The molecule has 40 heavy (non-hydrogen) atoms. The summed E-state index contributed by atoms with van der Waals surface area (Å²) >= 11 is 0. The zero-order valence-electron chi connectivity index (χ0n) is 23.0. The smallest absolute Gasteiger partial charge is 0.335 e. The van der Waals surface area contributed by atoms with Crippen LogP contribution >= 0.6 is 0 Å². The number of fused-ring (bicyclic) bond motifs is 3. The molecule has 220 valence electrons. The lowest BCUT2D eigenvalue weighted by Gasteiger charge is -2.60. The van der Waals surface area contributed by atoms with E-state index < -0.39 is 54.6 Å². The quantitative estimate of drug-likeness (QED) is 0.395. The summed E-state index contributed by atoms with van der Waals surface area (Å²) in [6.07, 6.45) is -0.317. The minimum atomic E-state index is -1.55. The fraction of sp³-hybridized carbons (Fsp3) is 0.800. The third kappa shape index (κ3) is 3.53. The van der Waals surface area contributed by atoms with Gasteiger partial charge in [0.15, 0.2) is 6.29 Å². The Morgan fingerprint density at radius 3 is 2.52 bits per heavy atom. The van der Waals surface area contributed by atoms with Crippen LogP contribution in [0.5, 0.6) is 0 Å². The van der Waals surface area contributed by atoms with Gasteiger partial charge in [-0.15, -0.1) is 0 Å². The second-order valence-electron chi connectivity index (χ2n) is 13.7. The van der Waals surface area contributed by atoms with Gasteiger partial charge < -0.3 is 39.1 Å². The number of carbonyl (C=O) groups is 1. The average molecular weight is 561 g/mol. The van der Waals surface area contributed by atoms with Gasteiger partial charge in [-0.25, -0.2) is 4.79 Å². The van der Waals surface area contributed by atoms with E-state index in [9.17, 15) is 30.0 Å². The molecule has 4 saturated carbocycles. The first-order valence-corrected chi connectivity index (χ1v) is 14.8. The molecule has 10 heteroatoms. The SMILES string of the molecule is C[C@]12CCC(=O)C[C@H]1CC[C@@H]1[C@@H]2CC[C@]2(C)[C@@H](c3ccc(=O)oc3)[C@@H](O[C@@H]3O[C@H](CO)[C@@H](O)[C@H](O)[C@H]3O)[C@H]3O[C@]132. The molecule has 0 radical (unpaired) electrons. The first-order valence-electron chi connectivity index (χ1n) is 14.8. The number of hydrogen-bond acceptors (Lipinski definition) is 10. The zero-order valence-corrected chi connectivity index (χ0v) is 23.0. The number of Topliss-reactive ketones (excluding diaryl/α,β-unsaturated/α-hetero) is 1. The molecule has 3 heterocycles. The van der Waals surface area contributed by atoms with E-state index in [2.05, 4.69) is 13.8 Å². The molecular weight excluding hydrogens is 520 g/mol. The summed E-state index contributed by atoms with van der Waals surface area (Å²) in [7, 11) is 0. The van der Waals surface area contributed by atoms with Crippen LogP contribution in [-0.4, -0.2) is 81.3 Å². The lowest BCUT2D eigenvalue weighted by atomic mass is 9.44. The molecular formula is C30H40O10. The second-order valence-corrected chi connectivity index (χ2v) is 13.7. The molecule has 0 bridgehead atoms. The van der Waals surface area contributed by atoms with Crippen LogP contribution in [0.2, 0.25) is 0 Å². The van der Waals surface area contributed by atoms with Gasteiger partial charge in [0.05, 0.1) is 19.0 Å². The molecule has 6 aliphatic rings. The average Bonchev–Trinajstić information content (AvgIpc) is 3.64. The monoisotopic (exact) mass is 560 g/mol. The lowest BCUT2D eigenvalue weighted by Crippen LogP contribution is -2.60. The third-order valence-electron chi connectivity index (χ3n) is 12.1. The van der Waals surface area contributed by atoms with Crippen molar-refractivity contribution in [2.75, 3.05) is 6.61 Å². The molecule has 4 aliphatic carbocycles. The number of aliphatic hydroxyl groups is 4. The highest BCUT2D eigenvalue weighted by Gasteiger charge is 2.84. The predicted molar refractivity (Wildman–Crippen MR) is 138 cm³/mol. The number of ketones is 1. The van der Waals surface area contributed by atoms with Crippen LogP contribution in [0.15, 0.2) is 27.6 Å². The normalized spacial score (nSPS) is 53.2. The predicted octanol–water partition coefficient (Wildman–Crippen LogP) is 1.26. The van der Waals surface area contributed by atoms with Crippen molar-refractivity contribution in [2.45, 2.75) is 113 Å². The van der Waals surface area contributed by atoms with Gasteiger partial charge in [-0.05, 0) is 66.9 Å². The van der Waals surface area contributed by atoms with Gasteiger partial charge in [0, 0.05) is 30.2 Å². The highest BCUT2D eigenvalue weighted by Crippen LogP contribution is 2.78. The van der Waals surface area contributed by atoms with Crippen LogP contribution < -0.4 is 5.63 Å². The molecule has 2 saturated heterocycles. The van der Waals surface area contributed by atoms with Gasteiger partial charge in [-0.1, -0.05) is 13.8 Å². The van der Waals surface area contributed by atoms with E-state index >= 15 is 0 Å². The molecule has 2 aliphatic heterocycles. The number of epoxide rings is 1. The Morgan fingerprint density at radius 2 is 1.80 bits per heavy atom. The maximum atomic E-state index is 12.3. The van der Waals surface area contributed by atoms with E-state index in [1.807, 2.05) is 0 Å². The van der Waals surface area contributed by atoms with Gasteiger partial charge in [-0.2, -0.15) is 0 Å². The highest BCUT2D eigenvalue weighted by molar-refractivity contribution is 5.79. The summed E-state index contributed by atoms with van der Waals surface area (Å²) in [6.45, 7) is 4.06. The largest absolute Gasteiger partial charge is 0.431 e. The summed E-state index contributed by atoms with van der Waals surface area (Å²) in [5.41, 5.74) is -0.421. The van der Waals surface area contributed by atoms with E-state index in [4.69, 9.17) is 18.6 Å². The van der Waals surface area contributed by atoms with Gasteiger partial charge >= 0.3 is 5.63 Å². The second kappa shape index (κ2) is 9.17. The van der Waals surface area contributed by atoms with Crippen molar-refractivity contribution in [2.24, 2.45) is 28.6 Å². The van der Waals surface area contributed by atoms with Crippen molar-refractivity contribution < 1.29 is 43.8 Å². The first kappa shape index (κ1) is 27.2. The van der Waals surface area contributed by atoms with Crippen LogP contribution in [0.1, 0.15) is 70.3 Å². The summed E-state index contributed by atoms with van der Waals surface area (Å²) in [5, 5.41) is 41.2. The van der Waals surface area contributed by atoms with Gasteiger partial charge in [0.25, 0.3) is 0 Å². The van der Waals surface area contributed by atoms with E-state index in [-0.39, 0.29) is 28.8 Å². The topological polar surface area (TPSA) is 159 Å². The molecule has 0 amide bonds. The summed E-state index contributed by atoms with van der Waals surface area (Å²) in [4.78, 5) is 24.2. The lowest BCUT2D eigenvalue weighted by molar-refractivity contribution is -0.315. The molecule has 1 aromatic heterocycles. The molecule has 7 rings (SSSR count). The minimum absolute atomic E-state index is 0.0780. The maximum absolute atomic E-state index is 12.3. The van der Waals surface area contributed by atoms with Gasteiger partial charge in [0.1, 0.15) is 41.9 Å². The Morgan fingerprint density at radius 1 is 1.00 bits per heavy atom. The Hall–Kier alpha value is -1.66.